The number of hydrogen-bond donors (Lipinski definition) is 2. The minimum absolute atomic E-state index is 0.0278. The van der Waals surface area contributed by atoms with E-state index in [2.05, 4.69) is 32.9 Å². The van der Waals surface area contributed by atoms with Gasteiger partial charge in [-0.05, 0) is 68.7 Å². The summed E-state index contributed by atoms with van der Waals surface area (Å²) in [6.45, 7) is 5.00. The van der Waals surface area contributed by atoms with Crippen LogP contribution < -0.4 is 15.0 Å². The van der Waals surface area contributed by atoms with E-state index in [4.69, 9.17) is 21.1 Å². The number of pyridine rings is 1. The third-order valence-electron chi connectivity index (χ3n) is 10.7. The molecular weight excluding hydrogens is 605 g/mol. The summed E-state index contributed by atoms with van der Waals surface area (Å²) in [7, 11) is 0. The summed E-state index contributed by atoms with van der Waals surface area (Å²) in [5, 5.41) is 15.6. The van der Waals surface area contributed by atoms with Crippen LogP contribution in [0.1, 0.15) is 56.7 Å². The largest absolute Gasteiger partial charge is 0.508 e. The van der Waals surface area contributed by atoms with Crippen LogP contribution >= 0.6 is 0 Å². The molecule has 0 saturated carbocycles. The molecule has 0 aliphatic carbocycles. The van der Waals surface area contributed by atoms with Crippen molar-refractivity contribution in [3.63, 3.8) is 0 Å². The van der Waals surface area contributed by atoms with Gasteiger partial charge in [-0.3, -0.25) is 4.90 Å². The molecule has 3 saturated heterocycles. The second kappa shape index (κ2) is 11.5. The summed E-state index contributed by atoms with van der Waals surface area (Å²) in [6, 6.07) is 5.97. The molecule has 0 unspecified atom stereocenters. The molecule has 11 heteroatoms. The normalized spacial score (nSPS) is 25.8. The molecule has 3 fully saturated rings. The average Bonchev–Trinajstić information content (AvgIpc) is 3.59. The fraction of sp³-hybridized carbons (Fsp3) is 0.472. The number of hydrogen-bond acceptors (Lipinski definition) is 8. The van der Waals surface area contributed by atoms with Gasteiger partial charge in [0.2, 0.25) is 0 Å². The third-order valence-corrected chi connectivity index (χ3v) is 10.7. The number of anilines is 1. The second-order valence-electron chi connectivity index (χ2n) is 13.5. The highest BCUT2D eigenvalue weighted by Gasteiger charge is 2.49. The predicted octanol–water partition coefficient (Wildman–Crippen LogP) is 5.66. The van der Waals surface area contributed by atoms with Gasteiger partial charge in [-0.1, -0.05) is 18.9 Å². The van der Waals surface area contributed by atoms with Crippen molar-refractivity contribution in [3.8, 4) is 35.4 Å². The van der Waals surface area contributed by atoms with Crippen LogP contribution in [0.3, 0.4) is 0 Å². The van der Waals surface area contributed by atoms with E-state index in [0.29, 0.717) is 48.2 Å². The summed E-state index contributed by atoms with van der Waals surface area (Å²) >= 11 is 0. The molecule has 8 rings (SSSR count). The number of piperazine rings is 1. The zero-order valence-electron chi connectivity index (χ0n) is 26.3. The van der Waals surface area contributed by atoms with Gasteiger partial charge in [-0.15, -0.1) is 6.42 Å². The number of benzene rings is 2. The first-order valence-electron chi connectivity index (χ1n) is 16.6. The first kappa shape index (κ1) is 30.2. The molecule has 4 atom stereocenters. The number of nitrogens with zero attached hydrogens (tertiary/aromatic N) is 5. The number of phenolic OH excluding ortho intramolecular Hbond substituents is 1. The van der Waals surface area contributed by atoms with Gasteiger partial charge in [0.25, 0.3) is 0 Å². The maximum absolute atomic E-state index is 17.1. The average molecular weight is 643 g/mol. The standard InChI is InChI=1S/C36H37F3N6O2/c1-3-22-18-45-23(16-40-22)7-5-8-28-30-33(42-35(43-34(30)45)47-19-36-11-6-12-44(36)17-21(37)15-36)31(39)32(41-28)26-14-24(46)13-20-9-10-27(38)25(4-2)29(20)26/h2,9-10,13-14,21-23,40,46H,3,5-8,11-12,15-19H2,1H3/t21-,22-,23-,36+/m1/s1. The molecule has 8 nitrogen and oxygen atoms in total. The van der Waals surface area contributed by atoms with Crippen LogP contribution in [0.15, 0.2) is 24.3 Å². The molecule has 6 heterocycles. The molecule has 2 aromatic heterocycles. The van der Waals surface area contributed by atoms with Gasteiger partial charge < -0.3 is 20.1 Å². The Morgan fingerprint density at radius 3 is 2.85 bits per heavy atom. The summed E-state index contributed by atoms with van der Waals surface area (Å²) < 4.78 is 53.0. The number of nitrogens with one attached hydrogen (secondary N) is 1. The Bertz CT molecular complexity index is 1950. The molecule has 0 spiro atoms. The number of phenols is 1. The van der Waals surface area contributed by atoms with Gasteiger partial charge in [-0.2, -0.15) is 9.97 Å². The summed E-state index contributed by atoms with van der Waals surface area (Å²) in [4.78, 5) is 18.9. The number of aromatic hydroxyl groups is 1. The number of fused-ring (bicyclic) bond motifs is 4. The number of aryl methyl sites for hydroxylation is 1. The smallest absolute Gasteiger partial charge is 0.319 e. The van der Waals surface area contributed by atoms with E-state index in [-0.39, 0.29) is 58.2 Å². The molecule has 0 amide bonds. The lowest BCUT2D eigenvalue weighted by Gasteiger charge is -2.42. The number of terminal acetylenes is 1. The lowest BCUT2D eigenvalue weighted by Crippen LogP contribution is -2.57. The monoisotopic (exact) mass is 642 g/mol. The molecule has 0 bridgehead atoms. The van der Waals surface area contributed by atoms with E-state index >= 15 is 4.39 Å². The Kier molecular flexibility index (Phi) is 7.41. The molecule has 244 valence electrons. The molecular formula is C36H37F3N6O2. The lowest BCUT2D eigenvalue weighted by molar-refractivity contribution is 0.107. The predicted molar refractivity (Wildman–Crippen MR) is 174 cm³/mol. The van der Waals surface area contributed by atoms with Crippen LogP contribution in [0.5, 0.6) is 11.8 Å². The van der Waals surface area contributed by atoms with E-state index in [0.717, 1.165) is 45.2 Å². The van der Waals surface area contributed by atoms with Crippen LogP contribution in [-0.4, -0.2) is 81.5 Å². The van der Waals surface area contributed by atoms with E-state index in [1.165, 1.54) is 24.3 Å². The Morgan fingerprint density at radius 2 is 2.02 bits per heavy atom. The van der Waals surface area contributed by atoms with Crippen molar-refractivity contribution in [3.05, 3.63) is 47.2 Å². The number of alkyl halides is 1. The fourth-order valence-electron chi connectivity index (χ4n) is 8.40. The molecule has 4 aliphatic rings. The Labute approximate surface area is 271 Å². The van der Waals surface area contributed by atoms with E-state index in [1.807, 2.05) is 0 Å². The molecule has 2 aromatic carbocycles. The van der Waals surface area contributed by atoms with E-state index in [9.17, 15) is 13.9 Å². The van der Waals surface area contributed by atoms with E-state index in [1.54, 1.807) is 0 Å². The number of ether oxygens (including phenoxy) is 1. The van der Waals surface area contributed by atoms with Crippen molar-refractivity contribution >= 4 is 27.5 Å². The van der Waals surface area contributed by atoms with E-state index < -0.39 is 23.3 Å². The van der Waals surface area contributed by atoms with Crippen LogP contribution in [0.25, 0.3) is 32.9 Å². The van der Waals surface area contributed by atoms with Crippen molar-refractivity contribution in [2.45, 2.75) is 75.7 Å². The van der Waals surface area contributed by atoms with Crippen molar-refractivity contribution in [2.75, 3.05) is 37.7 Å². The molecule has 4 aliphatic heterocycles. The van der Waals surface area contributed by atoms with Gasteiger partial charge in [0.15, 0.2) is 5.82 Å². The maximum atomic E-state index is 17.1. The van der Waals surface area contributed by atoms with Crippen LogP contribution in [-0.2, 0) is 6.42 Å². The molecule has 4 aromatic rings. The Balaban J connectivity index is 1.34. The summed E-state index contributed by atoms with van der Waals surface area (Å²) in [6.07, 6.45) is 10.1. The van der Waals surface area contributed by atoms with Crippen molar-refractivity contribution in [1.29, 1.82) is 0 Å². The fourth-order valence-corrected chi connectivity index (χ4v) is 8.40. The number of aromatic nitrogens is 3. The first-order valence-corrected chi connectivity index (χ1v) is 16.6. The first-order chi connectivity index (χ1) is 22.8. The topological polar surface area (TPSA) is 86.6 Å². The van der Waals surface area contributed by atoms with Crippen LogP contribution in [0, 0.1) is 24.0 Å². The second-order valence-corrected chi connectivity index (χ2v) is 13.5. The highest BCUT2D eigenvalue weighted by atomic mass is 19.1. The zero-order chi connectivity index (χ0) is 32.4. The SMILES string of the molecule is C#Cc1c(F)ccc2cc(O)cc(-c3nc4c5c(nc(OC[C@@]67CCCN6C[C@H](F)C7)nc5c3F)N3C[C@@H](CC)NC[C@H]3CCC4)c12. The quantitative estimate of drug-likeness (QED) is 0.270. The van der Waals surface area contributed by atoms with Gasteiger partial charge in [0.05, 0.1) is 22.2 Å². The highest BCUT2D eigenvalue weighted by Crippen LogP contribution is 2.43. The maximum Gasteiger partial charge on any atom is 0.319 e. The lowest BCUT2D eigenvalue weighted by atomic mass is 9.94. The summed E-state index contributed by atoms with van der Waals surface area (Å²) in [5.41, 5.74) is 0.298. The summed E-state index contributed by atoms with van der Waals surface area (Å²) in [5.74, 6) is 1.50. The van der Waals surface area contributed by atoms with Crippen molar-refractivity contribution < 1.29 is 23.0 Å². The minimum Gasteiger partial charge on any atom is -0.508 e. The Morgan fingerprint density at radius 1 is 1.15 bits per heavy atom. The van der Waals surface area contributed by atoms with Crippen molar-refractivity contribution in [2.24, 2.45) is 0 Å². The van der Waals surface area contributed by atoms with Gasteiger partial charge in [-0.25, -0.2) is 18.2 Å². The molecule has 2 N–H and O–H groups in total. The van der Waals surface area contributed by atoms with Gasteiger partial charge >= 0.3 is 6.01 Å². The van der Waals surface area contributed by atoms with Gasteiger partial charge in [0.1, 0.15) is 41.4 Å². The highest BCUT2D eigenvalue weighted by molar-refractivity contribution is 6.03. The van der Waals surface area contributed by atoms with Crippen LogP contribution in [0.2, 0.25) is 0 Å². The van der Waals surface area contributed by atoms with Crippen molar-refractivity contribution in [1.82, 2.24) is 25.2 Å². The zero-order valence-corrected chi connectivity index (χ0v) is 26.3. The van der Waals surface area contributed by atoms with Crippen LogP contribution in [0.4, 0.5) is 19.0 Å². The minimum atomic E-state index is -0.916. The third kappa shape index (κ3) is 4.95. The molecule has 0 radical (unpaired) electrons. The number of halogens is 3. The number of rotatable bonds is 5. The Hall–Kier alpha value is -4.14. The molecule has 47 heavy (non-hydrogen) atoms. The van der Waals surface area contributed by atoms with Gasteiger partial charge in [0, 0.05) is 49.1 Å².